The molecular formula is C24H25NO3. The van der Waals surface area contributed by atoms with Gasteiger partial charge in [-0.15, -0.1) is 0 Å². The van der Waals surface area contributed by atoms with Crippen LogP contribution in [-0.2, 0) is 19.6 Å². The number of hydrogen-bond donors (Lipinski definition) is 2. The first-order chi connectivity index (χ1) is 13.7. The van der Waals surface area contributed by atoms with E-state index >= 15 is 0 Å². The number of hydrogen-bond acceptors (Lipinski definition) is 4. The van der Waals surface area contributed by atoms with Gasteiger partial charge in [0.2, 0.25) is 0 Å². The molecule has 4 nitrogen and oxygen atoms in total. The molecule has 28 heavy (non-hydrogen) atoms. The monoisotopic (exact) mass is 375 g/mol. The molecule has 4 heteroatoms. The highest BCUT2D eigenvalue weighted by molar-refractivity contribution is 5.53. The van der Waals surface area contributed by atoms with Gasteiger partial charge in [-0.2, -0.15) is 0 Å². The summed E-state index contributed by atoms with van der Waals surface area (Å²) >= 11 is 0. The average molecular weight is 375 g/mol. The lowest BCUT2D eigenvalue weighted by molar-refractivity contribution is 0.132. The Morgan fingerprint density at radius 1 is 0.821 bits per heavy atom. The molecule has 0 unspecified atom stereocenters. The van der Waals surface area contributed by atoms with Crippen LogP contribution in [-0.4, -0.2) is 11.1 Å². The van der Waals surface area contributed by atoms with Crippen molar-refractivity contribution < 1.29 is 14.6 Å². The maximum atomic E-state index is 10.5. The maximum Gasteiger partial charge on any atom is 0.165 e. The first kappa shape index (κ1) is 18.5. The van der Waals surface area contributed by atoms with Crippen LogP contribution >= 0.6 is 0 Å². The van der Waals surface area contributed by atoms with Gasteiger partial charge in [0.15, 0.2) is 11.5 Å². The van der Waals surface area contributed by atoms with Gasteiger partial charge in [0.05, 0.1) is 6.10 Å². The molecule has 1 aliphatic carbocycles. The fourth-order valence-corrected chi connectivity index (χ4v) is 3.59. The molecule has 0 spiro atoms. The van der Waals surface area contributed by atoms with Crippen LogP contribution in [0.25, 0.3) is 0 Å². The lowest BCUT2D eigenvalue weighted by Gasteiger charge is -2.29. The number of rotatable bonds is 6. The molecule has 3 aromatic carbocycles. The van der Waals surface area contributed by atoms with Gasteiger partial charge >= 0.3 is 0 Å². The number of aliphatic hydroxyl groups excluding tert-OH is 1. The summed E-state index contributed by atoms with van der Waals surface area (Å²) in [5, 5.41) is 10.5. The van der Waals surface area contributed by atoms with Crippen LogP contribution in [0.2, 0.25) is 0 Å². The normalized spacial score (nSPS) is 18.4. The van der Waals surface area contributed by atoms with Crippen molar-refractivity contribution >= 4 is 0 Å². The van der Waals surface area contributed by atoms with E-state index in [9.17, 15) is 5.11 Å². The zero-order chi connectivity index (χ0) is 19.3. The number of benzene rings is 3. The van der Waals surface area contributed by atoms with E-state index < -0.39 is 6.10 Å². The Balaban J connectivity index is 1.62. The van der Waals surface area contributed by atoms with E-state index in [4.69, 9.17) is 15.2 Å². The Labute approximate surface area is 165 Å². The van der Waals surface area contributed by atoms with E-state index in [2.05, 4.69) is 0 Å². The Bertz CT molecular complexity index is 912. The van der Waals surface area contributed by atoms with Crippen molar-refractivity contribution in [2.75, 3.05) is 0 Å². The standard InChI is InChI=1S/C24H25NO3/c25-21-13-11-20-19(23(21)26)12-14-22(27-15-17-7-3-1-4-8-17)24(20)28-16-18-9-5-2-6-10-18/h1-10,12,14,21,23,26H,11,13,15-16,25H2/t21-,23-/m1/s1. The predicted molar refractivity (Wildman–Crippen MR) is 109 cm³/mol. The largest absolute Gasteiger partial charge is 0.485 e. The first-order valence-electron chi connectivity index (χ1n) is 9.65. The molecule has 4 rings (SSSR count). The highest BCUT2D eigenvalue weighted by Crippen LogP contribution is 2.41. The third kappa shape index (κ3) is 4.03. The zero-order valence-corrected chi connectivity index (χ0v) is 15.8. The Hall–Kier alpha value is -2.82. The molecule has 3 N–H and O–H groups in total. The third-order valence-corrected chi connectivity index (χ3v) is 5.18. The van der Waals surface area contributed by atoms with Crippen LogP contribution in [0, 0.1) is 0 Å². The first-order valence-corrected chi connectivity index (χ1v) is 9.65. The van der Waals surface area contributed by atoms with Crippen molar-refractivity contribution in [3.05, 3.63) is 95.1 Å². The molecule has 0 saturated carbocycles. The van der Waals surface area contributed by atoms with Crippen molar-refractivity contribution in [2.24, 2.45) is 5.73 Å². The van der Waals surface area contributed by atoms with Crippen LogP contribution in [0.15, 0.2) is 72.8 Å². The number of aliphatic hydroxyl groups is 1. The third-order valence-electron chi connectivity index (χ3n) is 5.18. The molecular weight excluding hydrogens is 350 g/mol. The van der Waals surface area contributed by atoms with Crippen molar-refractivity contribution in [3.8, 4) is 11.5 Å². The highest BCUT2D eigenvalue weighted by atomic mass is 16.5. The fourth-order valence-electron chi connectivity index (χ4n) is 3.59. The Morgan fingerprint density at radius 3 is 2.07 bits per heavy atom. The van der Waals surface area contributed by atoms with Crippen molar-refractivity contribution in [3.63, 3.8) is 0 Å². The molecule has 3 aromatic rings. The molecule has 0 fully saturated rings. The minimum atomic E-state index is -0.675. The molecule has 144 valence electrons. The van der Waals surface area contributed by atoms with Gasteiger partial charge in [0.25, 0.3) is 0 Å². The summed E-state index contributed by atoms with van der Waals surface area (Å²) < 4.78 is 12.3. The highest BCUT2D eigenvalue weighted by Gasteiger charge is 2.29. The summed E-state index contributed by atoms with van der Waals surface area (Å²) in [5.74, 6) is 1.41. The van der Waals surface area contributed by atoms with E-state index in [1.54, 1.807) is 0 Å². The summed E-state index contributed by atoms with van der Waals surface area (Å²) in [6.45, 7) is 0.907. The lowest BCUT2D eigenvalue weighted by Crippen LogP contribution is -2.33. The van der Waals surface area contributed by atoms with Gasteiger partial charge < -0.3 is 20.3 Å². The van der Waals surface area contributed by atoms with Crippen molar-refractivity contribution in [1.82, 2.24) is 0 Å². The molecule has 0 aromatic heterocycles. The summed E-state index contributed by atoms with van der Waals surface area (Å²) in [6, 6.07) is 23.6. The van der Waals surface area contributed by atoms with E-state index in [-0.39, 0.29) is 6.04 Å². The van der Waals surface area contributed by atoms with Gasteiger partial charge in [-0.3, -0.25) is 0 Å². The van der Waals surface area contributed by atoms with E-state index in [1.165, 1.54) is 0 Å². The fraction of sp³-hybridized carbons (Fsp3) is 0.250. The summed E-state index contributed by atoms with van der Waals surface area (Å²) in [7, 11) is 0. The van der Waals surface area contributed by atoms with Gasteiger partial charge in [-0.25, -0.2) is 0 Å². The number of ether oxygens (including phenoxy) is 2. The SMILES string of the molecule is N[C@@H]1CCc2c(ccc(OCc3ccccc3)c2OCc2ccccc2)[C@H]1O. The summed E-state index contributed by atoms with van der Waals surface area (Å²) in [4.78, 5) is 0. The number of nitrogens with two attached hydrogens (primary N) is 1. The number of fused-ring (bicyclic) bond motifs is 1. The quantitative estimate of drug-likeness (QED) is 0.679. The zero-order valence-electron chi connectivity index (χ0n) is 15.8. The van der Waals surface area contributed by atoms with Crippen LogP contribution in [0.4, 0.5) is 0 Å². The van der Waals surface area contributed by atoms with Crippen LogP contribution in [0.3, 0.4) is 0 Å². The van der Waals surface area contributed by atoms with Gasteiger partial charge in [-0.1, -0.05) is 66.7 Å². The summed E-state index contributed by atoms with van der Waals surface area (Å²) in [5.41, 5.74) is 10.1. The molecule has 0 radical (unpaired) electrons. The second kappa shape index (κ2) is 8.46. The minimum Gasteiger partial charge on any atom is -0.485 e. The van der Waals surface area contributed by atoms with Crippen LogP contribution in [0.5, 0.6) is 11.5 Å². The average Bonchev–Trinajstić information content (AvgIpc) is 2.75. The summed E-state index contributed by atoms with van der Waals surface area (Å²) in [6.07, 6.45) is 0.809. The van der Waals surface area contributed by atoms with Crippen LogP contribution < -0.4 is 15.2 Å². The minimum absolute atomic E-state index is 0.245. The van der Waals surface area contributed by atoms with Gasteiger partial charge in [0.1, 0.15) is 13.2 Å². The predicted octanol–water partition coefficient (Wildman–Crippen LogP) is 4.15. The molecule has 0 saturated heterocycles. The van der Waals surface area contributed by atoms with Crippen LogP contribution in [0.1, 0.15) is 34.8 Å². The van der Waals surface area contributed by atoms with Crippen molar-refractivity contribution in [1.29, 1.82) is 0 Å². The molecule has 2 atom stereocenters. The van der Waals surface area contributed by atoms with Gasteiger partial charge in [0, 0.05) is 11.6 Å². The van der Waals surface area contributed by atoms with Crippen molar-refractivity contribution in [2.45, 2.75) is 38.2 Å². The van der Waals surface area contributed by atoms with E-state index in [0.717, 1.165) is 35.1 Å². The van der Waals surface area contributed by atoms with E-state index in [1.807, 2.05) is 72.8 Å². The smallest absolute Gasteiger partial charge is 0.165 e. The second-order valence-corrected chi connectivity index (χ2v) is 7.16. The lowest BCUT2D eigenvalue weighted by atomic mass is 9.85. The molecule has 0 amide bonds. The maximum absolute atomic E-state index is 10.5. The van der Waals surface area contributed by atoms with E-state index in [0.29, 0.717) is 24.7 Å². The molecule has 0 aliphatic heterocycles. The topological polar surface area (TPSA) is 64.7 Å². The molecule has 0 bridgehead atoms. The Morgan fingerprint density at radius 2 is 1.43 bits per heavy atom. The molecule has 1 aliphatic rings. The molecule has 0 heterocycles. The Kier molecular flexibility index (Phi) is 5.60. The second-order valence-electron chi connectivity index (χ2n) is 7.16. The van der Waals surface area contributed by atoms with Gasteiger partial charge in [-0.05, 0) is 35.6 Å².